The fraction of sp³-hybridized carbons (Fsp3) is 0.133. The number of nitrogens with zero attached hydrogens (tertiary/aromatic N) is 2. The molecule has 7 heteroatoms. The molecule has 0 unspecified atom stereocenters. The van der Waals surface area contributed by atoms with Gasteiger partial charge in [-0.1, -0.05) is 35.5 Å². The van der Waals surface area contributed by atoms with E-state index < -0.39 is 10.0 Å². The molecule has 2 aromatic heterocycles. The summed E-state index contributed by atoms with van der Waals surface area (Å²) in [5, 5.41) is 5.38. The summed E-state index contributed by atoms with van der Waals surface area (Å²) in [5.41, 5.74) is 1.66. The second-order valence-electron chi connectivity index (χ2n) is 4.78. The highest BCUT2D eigenvalue weighted by molar-refractivity contribution is 7.91. The van der Waals surface area contributed by atoms with Gasteiger partial charge < -0.3 is 4.52 Å². The zero-order chi connectivity index (χ0) is 15.6. The SMILES string of the molecule is CN(Cc1ccccc1)S(=O)(=O)c1cc(-c2ccno2)cs1. The maximum Gasteiger partial charge on any atom is 0.252 e. The molecule has 114 valence electrons. The molecule has 0 atom stereocenters. The third kappa shape index (κ3) is 2.96. The summed E-state index contributed by atoms with van der Waals surface area (Å²) in [5.74, 6) is 0.559. The topological polar surface area (TPSA) is 63.4 Å². The maximum atomic E-state index is 12.6. The Morgan fingerprint density at radius 1 is 1.23 bits per heavy atom. The fourth-order valence-corrected chi connectivity index (χ4v) is 4.56. The molecule has 0 aliphatic rings. The molecule has 0 radical (unpaired) electrons. The van der Waals surface area contributed by atoms with Gasteiger partial charge in [0.2, 0.25) is 0 Å². The second-order valence-corrected chi connectivity index (χ2v) is 7.96. The summed E-state index contributed by atoms with van der Waals surface area (Å²) in [7, 11) is -1.94. The van der Waals surface area contributed by atoms with Crippen LogP contribution in [0.1, 0.15) is 5.56 Å². The molecular formula is C15H14N2O3S2. The van der Waals surface area contributed by atoms with E-state index in [2.05, 4.69) is 5.16 Å². The van der Waals surface area contributed by atoms with Crippen molar-refractivity contribution < 1.29 is 12.9 Å². The molecule has 0 fully saturated rings. The van der Waals surface area contributed by atoms with Crippen molar-refractivity contribution in [3.05, 3.63) is 59.6 Å². The molecule has 2 heterocycles. The first-order chi connectivity index (χ1) is 10.6. The Morgan fingerprint density at radius 2 is 2.00 bits per heavy atom. The smallest absolute Gasteiger partial charge is 0.252 e. The molecule has 0 aliphatic heterocycles. The number of thiophene rings is 1. The average Bonchev–Trinajstić information content (AvgIpc) is 3.19. The summed E-state index contributed by atoms with van der Waals surface area (Å²) in [6.07, 6.45) is 1.53. The fourth-order valence-electron chi connectivity index (χ4n) is 2.02. The first kappa shape index (κ1) is 15.0. The van der Waals surface area contributed by atoms with Gasteiger partial charge in [-0.05, 0) is 11.6 Å². The van der Waals surface area contributed by atoms with E-state index in [0.717, 1.165) is 5.56 Å². The molecule has 3 rings (SSSR count). The normalized spacial score (nSPS) is 11.9. The minimum atomic E-state index is -3.52. The Morgan fingerprint density at radius 3 is 2.68 bits per heavy atom. The molecule has 0 aliphatic carbocycles. The van der Waals surface area contributed by atoms with Crippen LogP contribution >= 0.6 is 11.3 Å². The molecule has 3 aromatic rings. The molecule has 0 saturated carbocycles. The molecule has 0 N–H and O–H groups in total. The van der Waals surface area contributed by atoms with Crippen molar-refractivity contribution in [1.29, 1.82) is 0 Å². The molecule has 1 aromatic carbocycles. The Kier molecular flexibility index (Phi) is 4.10. The van der Waals surface area contributed by atoms with Gasteiger partial charge in [0.05, 0.1) is 6.20 Å². The molecule has 5 nitrogen and oxygen atoms in total. The molecular weight excluding hydrogens is 320 g/mol. The predicted octanol–water partition coefficient (Wildman–Crippen LogP) is 3.22. The van der Waals surface area contributed by atoms with E-state index >= 15 is 0 Å². The van der Waals surface area contributed by atoms with Crippen molar-refractivity contribution in [3.8, 4) is 11.3 Å². The van der Waals surface area contributed by atoms with Crippen molar-refractivity contribution in [1.82, 2.24) is 9.46 Å². The van der Waals surface area contributed by atoms with E-state index in [1.807, 2.05) is 30.3 Å². The van der Waals surface area contributed by atoms with Crippen molar-refractivity contribution in [2.24, 2.45) is 0 Å². The molecule has 0 spiro atoms. The first-order valence-corrected chi connectivity index (χ1v) is 8.89. The van der Waals surface area contributed by atoms with Crippen molar-refractivity contribution >= 4 is 21.4 Å². The van der Waals surface area contributed by atoms with E-state index in [1.54, 1.807) is 24.6 Å². The van der Waals surface area contributed by atoms with E-state index in [-0.39, 0.29) is 4.21 Å². The quantitative estimate of drug-likeness (QED) is 0.719. The summed E-state index contributed by atoms with van der Waals surface area (Å²) in [6, 6.07) is 12.8. The Balaban J connectivity index is 1.83. The van der Waals surface area contributed by atoms with Crippen LogP contribution in [0.15, 0.2) is 62.8 Å². The lowest BCUT2D eigenvalue weighted by molar-refractivity contribution is 0.432. The summed E-state index contributed by atoms with van der Waals surface area (Å²) < 4.78 is 31.9. The molecule has 0 bridgehead atoms. The first-order valence-electron chi connectivity index (χ1n) is 6.57. The lowest BCUT2D eigenvalue weighted by Gasteiger charge is -2.15. The van der Waals surface area contributed by atoms with Crippen molar-refractivity contribution in [3.63, 3.8) is 0 Å². The second kappa shape index (κ2) is 6.04. The standard InChI is InChI=1S/C15H14N2O3S2/c1-17(10-12-5-3-2-4-6-12)22(18,19)15-9-13(11-21-15)14-7-8-16-20-14/h2-9,11H,10H2,1H3. The molecule has 0 saturated heterocycles. The van der Waals surface area contributed by atoms with Crippen LogP contribution in [0.4, 0.5) is 0 Å². The van der Waals surface area contributed by atoms with Gasteiger partial charge in [-0.3, -0.25) is 0 Å². The minimum absolute atomic E-state index is 0.289. The van der Waals surface area contributed by atoms with Crippen LogP contribution < -0.4 is 0 Å². The maximum absolute atomic E-state index is 12.6. The summed E-state index contributed by atoms with van der Waals surface area (Å²) in [6.45, 7) is 0.332. The summed E-state index contributed by atoms with van der Waals surface area (Å²) in [4.78, 5) is 0. The van der Waals surface area contributed by atoms with Gasteiger partial charge in [0.15, 0.2) is 5.76 Å². The zero-order valence-electron chi connectivity index (χ0n) is 11.8. The predicted molar refractivity (Wildman–Crippen MR) is 84.9 cm³/mol. The third-order valence-corrected chi connectivity index (χ3v) is 6.43. The van der Waals surface area contributed by atoms with Crippen LogP contribution in [0.25, 0.3) is 11.3 Å². The number of rotatable bonds is 5. The van der Waals surface area contributed by atoms with Crippen molar-refractivity contribution in [2.45, 2.75) is 10.8 Å². The van der Waals surface area contributed by atoms with Crippen LogP contribution in [0, 0.1) is 0 Å². The minimum Gasteiger partial charge on any atom is -0.356 e. The molecule has 22 heavy (non-hydrogen) atoms. The number of benzene rings is 1. The number of hydrogen-bond acceptors (Lipinski definition) is 5. The van der Waals surface area contributed by atoms with Crippen LogP contribution in [0.5, 0.6) is 0 Å². The lowest BCUT2D eigenvalue weighted by atomic mass is 10.2. The van der Waals surface area contributed by atoms with Gasteiger partial charge in [0.25, 0.3) is 10.0 Å². The van der Waals surface area contributed by atoms with E-state index in [1.165, 1.54) is 21.8 Å². The van der Waals surface area contributed by atoms with Crippen LogP contribution in [-0.4, -0.2) is 24.9 Å². The third-order valence-electron chi connectivity index (χ3n) is 3.21. The number of hydrogen-bond donors (Lipinski definition) is 0. The van der Waals surface area contributed by atoms with E-state index in [9.17, 15) is 8.42 Å². The summed E-state index contributed by atoms with van der Waals surface area (Å²) >= 11 is 1.18. The van der Waals surface area contributed by atoms with Gasteiger partial charge in [-0.15, -0.1) is 11.3 Å². The molecule has 0 amide bonds. The van der Waals surface area contributed by atoms with Crippen LogP contribution in [0.2, 0.25) is 0 Å². The zero-order valence-corrected chi connectivity index (χ0v) is 13.5. The highest BCUT2D eigenvalue weighted by Gasteiger charge is 2.23. The largest absolute Gasteiger partial charge is 0.356 e. The Hall–Kier alpha value is -1.96. The van der Waals surface area contributed by atoms with Gasteiger partial charge in [0.1, 0.15) is 4.21 Å². The van der Waals surface area contributed by atoms with Crippen LogP contribution in [-0.2, 0) is 16.6 Å². The van der Waals surface area contributed by atoms with E-state index in [0.29, 0.717) is 17.9 Å². The highest BCUT2D eigenvalue weighted by atomic mass is 32.2. The number of sulfonamides is 1. The van der Waals surface area contributed by atoms with Gasteiger partial charge in [-0.2, -0.15) is 4.31 Å². The Labute approximate surface area is 132 Å². The van der Waals surface area contributed by atoms with E-state index in [4.69, 9.17) is 4.52 Å². The van der Waals surface area contributed by atoms with Gasteiger partial charge >= 0.3 is 0 Å². The monoisotopic (exact) mass is 334 g/mol. The van der Waals surface area contributed by atoms with Gasteiger partial charge in [0, 0.05) is 30.6 Å². The van der Waals surface area contributed by atoms with Gasteiger partial charge in [-0.25, -0.2) is 8.42 Å². The number of aromatic nitrogens is 1. The van der Waals surface area contributed by atoms with Crippen molar-refractivity contribution in [2.75, 3.05) is 7.05 Å². The Bertz CT molecular complexity index is 840. The highest BCUT2D eigenvalue weighted by Crippen LogP contribution is 2.30. The average molecular weight is 334 g/mol. The lowest BCUT2D eigenvalue weighted by Crippen LogP contribution is -2.25. The van der Waals surface area contributed by atoms with Crippen LogP contribution in [0.3, 0.4) is 0 Å².